The molecule has 1 saturated heterocycles. The number of nitrogens with zero attached hydrogens (tertiary/aromatic N) is 3. The fourth-order valence-corrected chi connectivity index (χ4v) is 3.18. The lowest BCUT2D eigenvalue weighted by Crippen LogP contribution is -2.29. The van der Waals surface area contributed by atoms with Crippen LogP contribution in [0.5, 0.6) is 5.75 Å². The number of rotatable bonds is 6. The van der Waals surface area contributed by atoms with Crippen LogP contribution in [0, 0.1) is 0 Å². The summed E-state index contributed by atoms with van der Waals surface area (Å²) in [5.41, 5.74) is 3.07. The number of nitrogens with one attached hydrogen (secondary N) is 1. The van der Waals surface area contributed by atoms with E-state index in [4.69, 9.17) is 28.6 Å². The first-order chi connectivity index (χ1) is 12.5. The van der Waals surface area contributed by atoms with Crippen LogP contribution < -0.4 is 10.1 Å². The van der Waals surface area contributed by atoms with Crippen molar-refractivity contribution in [2.24, 2.45) is 0 Å². The van der Waals surface area contributed by atoms with E-state index in [-0.39, 0.29) is 5.91 Å². The van der Waals surface area contributed by atoms with Crippen molar-refractivity contribution in [1.29, 1.82) is 0 Å². The maximum absolute atomic E-state index is 12.7. The molecule has 1 amide bonds. The quantitative estimate of drug-likeness (QED) is 0.467. The monoisotopic (exact) mass is 390 g/mol. The van der Waals surface area contributed by atoms with Crippen molar-refractivity contribution in [1.82, 2.24) is 20.0 Å². The van der Waals surface area contributed by atoms with Gasteiger partial charge in [0.2, 0.25) is 0 Å². The summed E-state index contributed by atoms with van der Waals surface area (Å²) >= 11 is 11.3. The highest BCUT2D eigenvalue weighted by Gasteiger charge is 2.30. The van der Waals surface area contributed by atoms with Crippen molar-refractivity contribution in [3.05, 3.63) is 53.0 Å². The summed E-state index contributed by atoms with van der Waals surface area (Å²) in [6, 6.07) is 5.59. The number of alkyl halides is 1. The Balaban J connectivity index is 1.80. The third kappa shape index (κ3) is 3.73. The number of amides is 1. The highest BCUT2D eigenvalue weighted by molar-refractivity contribution is 7.80. The van der Waals surface area contributed by atoms with E-state index in [0.29, 0.717) is 23.2 Å². The number of hydrogen-bond acceptors (Lipinski definition) is 4. The van der Waals surface area contributed by atoms with Crippen LogP contribution in [0.3, 0.4) is 0 Å². The van der Waals surface area contributed by atoms with E-state index in [1.165, 1.54) is 4.90 Å². The van der Waals surface area contributed by atoms with Crippen LogP contribution in [0.4, 0.5) is 0 Å². The first kappa shape index (κ1) is 18.4. The molecular formula is C18H19ClN4O2S. The fraction of sp³-hybridized carbons (Fsp3) is 0.278. The van der Waals surface area contributed by atoms with Crippen LogP contribution in [0.1, 0.15) is 23.6 Å². The van der Waals surface area contributed by atoms with Crippen molar-refractivity contribution in [3.8, 4) is 5.75 Å². The summed E-state index contributed by atoms with van der Waals surface area (Å²) in [4.78, 5) is 14.2. The van der Waals surface area contributed by atoms with Gasteiger partial charge in [0.25, 0.3) is 5.91 Å². The van der Waals surface area contributed by atoms with Gasteiger partial charge >= 0.3 is 0 Å². The molecule has 8 heteroatoms. The molecule has 0 aliphatic carbocycles. The third-order valence-corrected chi connectivity index (χ3v) is 4.68. The Kier molecular flexibility index (Phi) is 5.58. The molecule has 6 nitrogen and oxygen atoms in total. The first-order valence-electron chi connectivity index (χ1n) is 8.14. The van der Waals surface area contributed by atoms with E-state index in [2.05, 4.69) is 10.4 Å². The topological polar surface area (TPSA) is 59.4 Å². The smallest absolute Gasteiger partial charge is 0.276 e. The lowest BCUT2D eigenvalue weighted by Gasteiger charge is -2.12. The molecule has 2 aromatic rings. The van der Waals surface area contributed by atoms with E-state index >= 15 is 0 Å². The summed E-state index contributed by atoms with van der Waals surface area (Å²) in [5.74, 6) is 0.883. The van der Waals surface area contributed by atoms with E-state index in [1.807, 2.05) is 36.0 Å². The molecule has 0 bridgehead atoms. The van der Waals surface area contributed by atoms with Gasteiger partial charge in [-0.3, -0.25) is 14.4 Å². The molecule has 0 radical (unpaired) electrons. The molecule has 1 aliphatic heterocycles. The predicted molar refractivity (Wildman–Crippen MR) is 105 cm³/mol. The summed E-state index contributed by atoms with van der Waals surface area (Å²) in [6.45, 7) is 3.18. The number of hydrogen-bond donors (Lipinski definition) is 1. The van der Waals surface area contributed by atoms with Crippen LogP contribution in [-0.2, 0) is 23.8 Å². The second-order valence-corrected chi connectivity index (χ2v) is 6.44. The molecule has 0 saturated carbocycles. The van der Waals surface area contributed by atoms with Crippen molar-refractivity contribution in [3.63, 3.8) is 0 Å². The first-order valence-corrected chi connectivity index (χ1v) is 9.08. The zero-order valence-electron chi connectivity index (χ0n) is 14.5. The minimum atomic E-state index is -0.164. The maximum atomic E-state index is 12.7. The second kappa shape index (κ2) is 7.88. The van der Waals surface area contributed by atoms with Gasteiger partial charge in [0, 0.05) is 23.9 Å². The van der Waals surface area contributed by atoms with E-state index in [1.54, 1.807) is 19.4 Å². The molecule has 1 aliphatic rings. The number of aryl methyl sites for hydroxylation is 1. The summed E-state index contributed by atoms with van der Waals surface area (Å²) in [5, 5.41) is 7.60. The molecule has 0 atom stereocenters. The summed E-state index contributed by atoms with van der Waals surface area (Å²) in [6.07, 6.45) is 5.42. The van der Waals surface area contributed by atoms with Gasteiger partial charge in [-0.05, 0) is 42.9 Å². The molecule has 2 heterocycles. The molecule has 3 rings (SSSR count). The van der Waals surface area contributed by atoms with Crippen LogP contribution in [0.25, 0.3) is 6.08 Å². The Labute approximate surface area is 162 Å². The number of methoxy groups -OCH3 is 1. The molecule has 0 spiro atoms. The van der Waals surface area contributed by atoms with Crippen LogP contribution in [0.15, 0.2) is 36.3 Å². The summed E-state index contributed by atoms with van der Waals surface area (Å²) < 4.78 is 7.08. The van der Waals surface area contributed by atoms with E-state index in [0.717, 1.165) is 29.0 Å². The van der Waals surface area contributed by atoms with Gasteiger partial charge in [-0.1, -0.05) is 6.07 Å². The number of halogens is 1. The van der Waals surface area contributed by atoms with Gasteiger partial charge in [-0.2, -0.15) is 5.10 Å². The maximum Gasteiger partial charge on any atom is 0.276 e. The molecule has 26 heavy (non-hydrogen) atoms. The zero-order valence-corrected chi connectivity index (χ0v) is 16.1. The number of ether oxygens (including phenoxy) is 1. The minimum Gasteiger partial charge on any atom is -0.496 e. The third-order valence-electron chi connectivity index (χ3n) is 4.07. The predicted octanol–water partition coefficient (Wildman–Crippen LogP) is 2.91. The standard InChI is InChI=1S/C18H19ClN4O2S/c1-3-22-10-13(9-20-22)11-23-17(24)15(21-18(23)26)7-12-4-5-16(25-2)14(6-12)8-19/h4-7,9-10H,3,8,11H2,1-2H3,(H,21,26)/b15-7+. The SMILES string of the molecule is CCn1cc(CN2C(=O)/C(=C\c3ccc(OC)c(CCl)c3)NC2=S)cn1. The Morgan fingerprint density at radius 1 is 1.42 bits per heavy atom. The average molecular weight is 391 g/mol. The number of benzene rings is 1. The van der Waals surface area contributed by atoms with Gasteiger partial charge in [0.05, 0.1) is 25.7 Å². The van der Waals surface area contributed by atoms with Gasteiger partial charge < -0.3 is 10.1 Å². The fourth-order valence-electron chi connectivity index (χ4n) is 2.72. The van der Waals surface area contributed by atoms with Crippen molar-refractivity contribution < 1.29 is 9.53 Å². The Hall–Kier alpha value is -2.38. The summed E-state index contributed by atoms with van der Waals surface area (Å²) in [7, 11) is 1.60. The minimum absolute atomic E-state index is 0.164. The van der Waals surface area contributed by atoms with Gasteiger partial charge in [-0.25, -0.2) is 0 Å². The van der Waals surface area contributed by atoms with Crippen LogP contribution >= 0.6 is 23.8 Å². The largest absolute Gasteiger partial charge is 0.496 e. The van der Waals surface area contributed by atoms with Crippen LogP contribution in [0.2, 0.25) is 0 Å². The molecule has 1 aromatic carbocycles. The number of carbonyl (C=O) groups excluding carboxylic acids is 1. The van der Waals surface area contributed by atoms with E-state index < -0.39 is 0 Å². The van der Waals surface area contributed by atoms with Crippen molar-refractivity contribution in [2.75, 3.05) is 7.11 Å². The lowest BCUT2D eigenvalue weighted by molar-refractivity contribution is -0.122. The normalized spacial score (nSPS) is 15.7. The van der Waals surface area contributed by atoms with Crippen molar-refractivity contribution in [2.45, 2.75) is 25.9 Å². The molecule has 136 valence electrons. The highest BCUT2D eigenvalue weighted by Crippen LogP contribution is 2.24. The van der Waals surface area contributed by atoms with Gasteiger partial charge in [0.1, 0.15) is 11.4 Å². The lowest BCUT2D eigenvalue weighted by atomic mass is 10.1. The molecule has 0 unspecified atom stereocenters. The van der Waals surface area contributed by atoms with E-state index in [9.17, 15) is 4.79 Å². The molecule has 1 aromatic heterocycles. The number of aromatic nitrogens is 2. The second-order valence-electron chi connectivity index (χ2n) is 5.79. The number of thiocarbonyl (C=S) groups is 1. The number of carbonyl (C=O) groups is 1. The van der Waals surface area contributed by atoms with Crippen molar-refractivity contribution >= 4 is 40.9 Å². The molecule has 1 N–H and O–H groups in total. The van der Waals surface area contributed by atoms with Gasteiger partial charge in [-0.15, -0.1) is 11.6 Å². The average Bonchev–Trinajstić information content (AvgIpc) is 3.21. The molecule has 1 fully saturated rings. The Bertz CT molecular complexity index is 878. The Morgan fingerprint density at radius 3 is 2.88 bits per heavy atom. The molecular weight excluding hydrogens is 372 g/mol. The zero-order chi connectivity index (χ0) is 18.7. The highest BCUT2D eigenvalue weighted by atomic mass is 35.5. The Morgan fingerprint density at radius 2 is 2.23 bits per heavy atom. The van der Waals surface area contributed by atoms with Gasteiger partial charge in [0.15, 0.2) is 5.11 Å². The van der Waals surface area contributed by atoms with Crippen LogP contribution in [-0.4, -0.2) is 32.8 Å².